The van der Waals surface area contributed by atoms with E-state index in [1.807, 2.05) is 36.4 Å². The summed E-state index contributed by atoms with van der Waals surface area (Å²) in [5.41, 5.74) is 3.67. The van der Waals surface area contributed by atoms with Gasteiger partial charge in [0.05, 0.1) is 5.52 Å². The molecule has 2 N–H and O–H groups in total. The van der Waals surface area contributed by atoms with Crippen LogP contribution in [0.25, 0.3) is 10.9 Å². The number of ether oxygens (including phenoxy) is 2. The van der Waals surface area contributed by atoms with Crippen LogP contribution in [0.2, 0.25) is 0 Å². The van der Waals surface area contributed by atoms with E-state index in [4.69, 9.17) is 9.47 Å². The third kappa shape index (κ3) is 6.63. The Morgan fingerprint density at radius 2 is 1.86 bits per heavy atom. The van der Waals surface area contributed by atoms with Gasteiger partial charge < -0.3 is 19.7 Å². The largest absolute Gasteiger partial charge is 0.492 e. The molecule has 2 aliphatic rings. The van der Waals surface area contributed by atoms with Crippen LogP contribution in [0.3, 0.4) is 0 Å². The number of H-pyrrole nitrogens is 1. The molecule has 2 aliphatic heterocycles. The fourth-order valence-electron chi connectivity index (χ4n) is 6.08. The highest BCUT2D eigenvalue weighted by Gasteiger charge is 2.23. The molecule has 3 heterocycles. The predicted octanol–water partition coefficient (Wildman–Crippen LogP) is 6.13. The number of aromatic nitrogens is 2. The Balaban J connectivity index is 1.22. The van der Waals surface area contributed by atoms with E-state index in [0.717, 1.165) is 79.3 Å². The summed E-state index contributed by atoms with van der Waals surface area (Å²) in [5, 5.41) is 11.0. The Hall–Kier alpha value is -3.82. The lowest BCUT2D eigenvalue weighted by Gasteiger charge is -2.24. The second-order valence-corrected chi connectivity index (χ2v) is 11.5. The van der Waals surface area contributed by atoms with Gasteiger partial charge >= 0.3 is 0 Å². The van der Waals surface area contributed by atoms with Crippen molar-refractivity contribution in [3.05, 3.63) is 88.5 Å². The predicted molar refractivity (Wildman–Crippen MR) is 158 cm³/mol. The number of fused-ring (bicyclic) bond motifs is 1. The summed E-state index contributed by atoms with van der Waals surface area (Å²) in [6, 6.07) is 15.3. The molecule has 0 spiro atoms. The van der Waals surface area contributed by atoms with Crippen molar-refractivity contribution in [3.63, 3.8) is 0 Å². The van der Waals surface area contributed by atoms with Gasteiger partial charge in [-0.3, -0.25) is 9.89 Å². The Kier molecular flexibility index (Phi) is 8.48. The van der Waals surface area contributed by atoms with Crippen molar-refractivity contribution in [3.8, 4) is 5.75 Å². The van der Waals surface area contributed by atoms with Gasteiger partial charge in [-0.05, 0) is 117 Å². The number of aromatic amines is 1. The van der Waals surface area contributed by atoms with Gasteiger partial charge in [0.2, 0.25) is 0 Å². The number of nitrogens with one attached hydrogen (secondary N) is 2. The number of halogens is 2. The van der Waals surface area contributed by atoms with E-state index in [0.29, 0.717) is 41.9 Å². The van der Waals surface area contributed by atoms with Gasteiger partial charge in [0.15, 0.2) is 5.82 Å². The van der Waals surface area contributed by atoms with Crippen molar-refractivity contribution in [2.24, 2.45) is 5.92 Å². The van der Waals surface area contributed by atoms with Gasteiger partial charge in [-0.2, -0.15) is 5.10 Å². The molecule has 1 atom stereocenters. The van der Waals surface area contributed by atoms with E-state index in [-0.39, 0.29) is 5.91 Å². The van der Waals surface area contributed by atoms with Crippen LogP contribution in [0.4, 0.5) is 14.6 Å². The lowest BCUT2D eigenvalue weighted by atomic mass is 9.90. The zero-order valence-corrected chi connectivity index (χ0v) is 23.8. The summed E-state index contributed by atoms with van der Waals surface area (Å²) in [6.45, 7) is 3.19. The minimum atomic E-state index is -0.610. The molecule has 0 bridgehead atoms. The maximum atomic E-state index is 13.7. The number of carbonyl (C=O) groups excluding carboxylic acids is 1. The molecular weight excluding hydrogens is 538 g/mol. The first-order chi connectivity index (χ1) is 20.4. The minimum absolute atomic E-state index is 0.245. The van der Waals surface area contributed by atoms with Gasteiger partial charge in [-0.25, -0.2) is 8.78 Å². The number of benzene rings is 3. The normalized spacial score (nSPS) is 18.0. The number of anilines is 1. The summed E-state index contributed by atoms with van der Waals surface area (Å²) in [4.78, 5) is 16.0. The van der Waals surface area contributed by atoms with Crippen LogP contribution in [0.15, 0.2) is 54.6 Å². The lowest BCUT2D eigenvalue weighted by Crippen LogP contribution is -2.30. The first kappa shape index (κ1) is 28.3. The van der Waals surface area contributed by atoms with Gasteiger partial charge in [-0.15, -0.1) is 0 Å². The van der Waals surface area contributed by atoms with E-state index in [1.54, 1.807) is 0 Å². The first-order valence-corrected chi connectivity index (χ1v) is 14.7. The maximum absolute atomic E-state index is 13.7. The van der Waals surface area contributed by atoms with Gasteiger partial charge in [0.1, 0.15) is 24.0 Å². The molecule has 2 fully saturated rings. The molecule has 7 nitrogen and oxygen atoms in total. The number of nitrogens with zero attached hydrogens (tertiary/aromatic N) is 2. The SMILES string of the molecule is CN1CCC[C@H]1COc1ccc(C(=O)Nc2n[nH]c3ccc(Cc4cc(F)cc(F)c4)cc23)c(CC2CCOCC2)c1. The molecule has 6 rings (SSSR count). The lowest BCUT2D eigenvalue weighted by molar-refractivity contribution is 0.0664. The smallest absolute Gasteiger partial charge is 0.257 e. The summed E-state index contributed by atoms with van der Waals surface area (Å²) in [5.74, 6) is 0.150. The van der Waals surface area contributed by atoms with E-state index in [1.165, 1.54) is 18.6 Å². The zero-order valence-electron chi connectivity index (χ0n) is 23.8. The van der Waals surface area contributed by atoms with E-state index >= 15 is 0 Å². The van der Waals surface area contributed by atoms with Crippen molar-refractivity contribution in [2.75, 3.05) is 38.7 Å². The van der Waals surface area contributed by atoms with Gasteiger partial charge in [-0.1, -0.05) is 6.07 Å². The van der Waals surface area contributed by atoms with E-state index in [9.17, 15) is 13.6 Å². The quantitative estimate of drug-likeness (QED) is 0.252. The van der Waals surface area contributed by atoms with Crippen LogP contribution in [-0.2, 0) is 17.6 Å². The molecule has 0 radical (unpaired) electrons. The molecule has 0 saturated carbocycles. The third-order valence-corrected chi connectivity index (χ3v) is 8.47. The molecular formula is C33H36F2N4O3. The summed E-state index contributed by atoms with van der Waals surface area (Å²) in [6.07, 6.45) is 5.34. The zero-order chi connectivity index (χ0) is 29.1. The van der Waals surface area contributed by atoms with Crippen molar-refractivity contribution in [1.82, 2.24) is 15.1 Å². The molecule has 4 aromatic rings. The maximum Gasteiger partial charge on any atom is 0.257 e. The van der Waals surface area contributed by atoms with Crippen LogP contribution in [0.1, 0.15) is 52.7 Å². The summed E-state index contributed by atoms with van der Waals surface area (Å²) in [7, 11) is 2.13. The highest BCUT2D eigenvalue weighted by atomic mass is 19.1. The Labute approximate surface area is 244 Å². The van der Waals surface area contributed by atoms with Crippen molar-refractivity contribution in [2.45, 2.75) is 44.6 Å². The molecule has 9 heteroatoms. The van der Waals surface area contributed by atoms with Crippen LogP contribution in [0.5, 0.6) is 5.75 Å². The Morgan fingerprint density at radius 3 is 2.62 bits per heavy atom. The summed E-state index contributed by atoms with van der Waals surface area (Å²) >= 11 is 0. The number of rotatable bonds is 9. The molecule has 2 saturated heterocycles. The topological polar surface area (TPSA) is 79.5 Å². The van der Waals surface area contributed by atoms with Crippen molar-refractivity contribution >= 4 is 22.6 Å². The average Bonchev–Trinajstić information content (AvgIpc) is 3.57. The van der Waals surface area contributed by atoms with Crippen molar-refractivity contribution < 1.29 is 23.0 Å². The third-order valence-electron chi connectivity index (χ3n) is 8.47. The van der Waals surface area contributed by atoms with E-state index in [2.05, 4.69) is 27.5 Å². The monoisotopic (exact) mass is 574 g/mol. The number of likely N-dealkylation sites (tertiary alicyclic amines) is 1. The first-order valence-electron chi connectivity index (χ1n) is 14.7. The number of hydrogen-bond acceptors (Lipinski definition) is 5. The Morgan fingerprint density at radius 1 is 1.05 bits per heavy atom. The fraction of sp³-hybridized carbons (Fsp3) is 0.394. The van der Waals surface area contributed by atoms with Crippen LogP contribution in [0, 0.1) is 17.6 Å². The van der Waals surface area contributed by atoms with Crippen LogP contribution >= 0.6 is 0 Å². The highest BCUT2D eigenvalue weighted by Crippen LogP contribution is 2.29. The number of hydrogen-bond donors (Lipinski definition) is 2. The van der Waals surface area contributed by atoms with Gasteiger partial charge in [0, 0.05) is 36.3 Å². The average molecular weight is 575 g/mol. The molecule has 0 unspecified atom stereocenters. The molecule has 0 aliphatic carbocycles. The Bertz CT molecular complexity index is 1550. The number of amides is 1. The van der Waals surface area contributed by atoms with Crippen LogP contribution < -0.4 is 10.1 Å². The molecule has 1 amide bonds. The fourth-order valence-corrected chi connectivity index (χ4v) is 6.08. The molecule has 42 heavy (non-hydrogen) atoms. The molecule has 1 aromatic heterocycles. The van der Waals surface area contributed by atoms with Crippen LogP contribution in [-0.4, -0.2) is 60.5 Å². The van der Waals surface area contributed by atoms with Gasteiger partial charge in [0.25, 0.3) is 5.91 Å². The highest BCUT2D eigenvalue weighted by molar-refractivity contribution is 6.08. The van der Waals surface area contributed by atoms with E-state index < -0.39 is 11.6 Å². The number of likely N-dealkylation sites (N-methyl/N-ethyl adjacent to an activating group) is 1. The summed E-state index contributed by atoms with van der Waals surface area (Å²) < 4.78 is 39.2. The molecule has 3 aromatic carbocycles. The standard InChI is InChI=1S/C33H36F2N4O3/c1-39-10-2-3-27(39)20-42-28-5-6-29(24(18-28)14-21-8-11-41-12-9-21)33(40)36-32-30-17-22(4-7-31(30)37-38-32)13-23-15-25(34)19-26(35)16-23/h4-7,15-19,21,27H,2-3,8-14,20H2,1H3,(H2,36,37,38,40)/t27-/m0/s1. The second-order valence-electron chi connectivity index (χ2n) is 11.5. The second kappa shape index (κ2) is 12.6. The minimum Gasteiger partial charge on any atom is -0.492 e. The molecule has 220 valence electrons. The number of carbonyl (C=O) groups is 1. The van der Waals surface area contributed by atoms with Crippen molar-refractivity contribution in [1.29, 1.82) is 0 Å².